The molecule has 2 bridgehead atoms. The number of nitrogens with zero attached hydrogens (tertiary/aromatic N) is 4. The third-order valence-corrected chi connectivity index (χ3v) is 15.2. The number of ether oxygens (including phenoxy) is 1. The number of hydrogen-bond acceptors (Lipinski definition) is 6. The predicted octanol–water partition coefficient (Wildman–Crippen LogP) is 6.21. The van der Waals surface area contributed by atoms with Crippen LogP contribution in [0.3, 0.4) is 0 Å². The third-order valence-electron chi connectivity index (χ3n) is 13.4. The van der Waals surface area contributed by atoms with E-state index in [2.05, 4.69) is 26.3 Å². The van der Waals surface area contributed by atoms with Crippen molar-refractivity contribution in [1.29, 1.82) is 0 Å². The molecule has 4 amide bonds. The molecule has 12 heteroatoms. The summed E-state index contributed by atoms with van der Waals surface area (Å²) in [5, 5.41) is 0.567. The van der Waals surface area contributed by atoms with Gasteiger partial charge in [-0.05, 0) is 106 Å². The summed E-state index contributed by atoms with van der Waals surface area (Å²) in [6.07, 6.45) is 9.30. The molecule has 3 aliphatic heterocycles. The fourth-order valence-corrected chi connectivity index (χ4v) is 11.7. The Hall–Kier alpha value is -4.06. The van der Waals surface area contributed by atoms with Crippen LogP contribution in [0.15, 0.2) is 36.4 Å². The van der Waals surface area contributed by atoms with Crippen molar-refractivity contribution in [3.05, 3.63) is 53.1 Å². The maximum atomic E-state index is 15.3. The minimum atomic E-state index is -3.72. The van der Waals surface area contributed by atoms with E-state index in [1.54, 1.807) is 13.2 Å². The van der Waals surface area contributed by atoms with Gasteiger partial charge in [-0.3, -0.25) is 9.59 Å². The molecular weight excluding hydrogens is 691 g/mol. The summed E-state index contributed by atoms with van der Waals surface area (Å²) in [4.78, 5) is 48.2. The smallest absolute Gasteiger partial charge is 0.320 e. The van der Waals surface area contributed by atoms with E-state index < -0.39 is 26.6 Å². The zero-order chi connectivity index (χ0) is 36.8. The summed E-state index contributed by atoms with van der Waals surface area (Å²) in [6.45, 7) is 6.90. The van der Waals surface area contributed by atoms with Crippen LogP contribution in [0.25, 0.3) is 22.2 Å². The zero-order valence-corrected chi connectivity index (χ0v) is 31.9. The summed E-state index contributed by atoms with van der Waals surface area (Å²) < 4.78 is 36.0. The van der Waals surface area contributed by atoms with E-state index in [0.717, 1.165) is 72.0 Å². The number of rotatable bonds is 8. The van der Waals surface area contributed by atoms with Gasteiger partial charge in [0, 0.05) is 72.8 Å². The number of nitrogens with one attached hydrogen (secondary N) is 1. The molecule has 2 saturated heterocycles. The maximum Gasteiger partial charge on any atom is 0.320 e. The summed E-state index contributed by atoms with van der Waals surface area (Å²) in [5.74, 6) is 0.647. The summed E-state index contributed by atoms with van der Waals surface area (Å²) in [6, 6.07) is 11.9. The fourth-order valence-electron chi connectivity index (χ4n) is 10.4. The van der Waals surface area contributed by atoms with Crippen molar-refractivity contribution in [2.75, 3.05) is 33.3 Å². The highest BCUT2D eigenvalue weighted by molar-refractivity contribution is 7.91. The normalized spacial score (nSPS) is 26.4. The Balaban J connectivity index is 1.16. The minimum Gasteiger partial charge on any atom is -0.497 e. The quantitative estimate of drug-likeness (QED) is 0.293. The van der Waals surface area contributed by atoms with E-state index in [4.69, 9.17) is 4.74 Å². The Labute approximate surface area is 312 Å². The van der Waals surface area contributed by atoms with Gasteiger partial charge in [-0.1, -0.05) is 25.3 Å². The van der Waals surface area contributed by atoms with Crippen molar-refractivity contribution in [3.63, 3.8) is 0 Å². The van der Waals surface area contributed by atoms with Gasteiger partial charge < -0.3 is 24.0 Å². The van der Waals surface area contributed by atoms with Gasteiger partial charge in [-0.2, -0.15) is 0 Å². The molecule has 1 aromatic heterocycles. The first kappa shape index (κ1) is 34.7. The van der Waals surface area contributed by atoms with Crippen LogP contribution in [0.5, 0.6) is 5.75 Å². The molecule has 3 saturated carbocycles. The molecule has 0 radical (unpaired) electrons. The number of fused-ring (bicyclic) bond motifs is 9. The molecule has 5 fully saturated rings. The molecule has 3 aliphatic carbocycles. The van der Waals surface area contributed by atoms with Crippen LogP contribution in [0.4, 0.5) is 4.79 Å². The number of piperazine rings is 1. The Morgan fingerprint density at radius 1 is 0.925 bits per heavy atom. The predicted molar refractivity (Wildman–Crippen MR) is 202 cm³/mol. The van der Waals surface area contributed by atoms with Crippen molar-refractivity contribution in [1.82, 2.24) is 24.0 Å². The van der Waals surface area contributed by atoms with Gasteiger partial charge in [-0.25, -0.2) is 17.9 Å². The molecule has 53 heavy (non-hydrogen) atoms. The second-order valence-corrected chi connectivity index (χ2v) is 18.4. The number of aromatic nitrogens is 1. The van der Waals surface area contributed by atoms with Gasteiger partial charge in [0.1, 0.15) is 5.75 Å². The van der Waals surface area contributed by atoms with Crippen molar-refractivity contribution >= 4 is 38.8 Å². The topological polar surface area (TPSA) is 121 Å². The van der Waals surface area contributed by atoms with Gasteiger partial charge in [0.15, 0.2) is 0 Å². The van der Waals surface area contributed by atoms with E-state index >= 15 is 4.79 Å². The molecule has 4 heterocycles. The molecule has 4 unspecified atom stereocenters. The highest BCUT2D eigenvalue weighted by Gasteiger charge is 2.65. The lowest BCUT2D eigenvalue weighted by Gasteiger charge is -2.44. The van der Waals surface area contributed by atoms with E-state index in [9.17, 15) is 18.0 Å². The molecule has 2 aromatic carbocycles. The number of urea groups is 1. The van der Waals surface area contributed by atoms with Crippen LogP contribution in [0.2, 0.25) is 0 Å². The Bertz CT molecular complexity index is 2100. The number of sulfonamides is 1. The van der Waals surface area contributed by atoms with Crippen LogP contribution < -0.4 is 9.46 Å². The lowest BCUT2D eigenvalue weighted by Crippen LogP contribution is -2.60. The van der Waals surface area contributed by atoms with Crippen LogP contribution in [-0.4, -0.2) is 96.2 Å². The fraction of sp³-hybridized carbons (Fsp3) is 0.585. The van der Waals surface area contributed by atoms with Gasteiger partial charge in [0.2, 0.25) is 15.9 Å². The Morgan fingerprint density at radius 2 is 1.64 bits per heavy atom. The van der Waals surface area contributed by atoms with Crippen molar-refractivity contribution in [2.45, 2.75) is 114 Å². The van der Waals surface area contributed by atoms with Gasteiger partial charge in [0.05, 0.1) is 23.5 Å². The highest BCUT2D eigenvalue weighted by Crippen LogP contribution is 2.66. The zero-order valence-electron chi connectivity index (χ0n) is 31.1. The van der Waals surface area contributed by atoms with Gasteiger partial charge >= 0.3 is 6.03 Å². The first-order chi connectivity index (χ1) is 25.6. The lowest BCUT2D eigenvalue weighted by molar-refractivity contribution is -0.143. The number of hydrogen-bond donors (Lipinski definition) is 1. The summed E-state index contributed by atoms with van der Waals surface area (Å²) in [7, 11) is -2.04. The van der Waals surface area contributed by atoms with Crippen LogP contribution >= 0.6 is 0 Å². The monoisotopic (exact) mass is 741 g/mol. The second kappa shape index (κ2) is 12.8. The van der Waals surface area contributed by atoms with E-state index in [-0.39, 0.29) is 29.9 Å². The SMILES string of the molecule is CCN(CC)C(=O)N1CC2CCC(C1)N2C(=O)C12CC1c1cc(OC)ccc1-c1c(C3CCCCC3)c3ccc(C(=O)NS(=O)(=O)C4CC4)cc3n1C2. The molecule has 0 spiro atoms. The van der Waals surface area contributed by atoms with Gasteiger partial charge in [0.25, 0.3) is 5.91 Å². The standard InChI is InChI=1S/C41H51N5O6S/c1-4-43(5-2)40(49)44-22-27-12-13-28(23-44)46(27)39(48)41-21-34(41)33-20-29(52-3)14-18-31(33)37-36(25-9-7-6-8-10-25)32-17-11-26(19-35(32)45(37)24-41)38(47)42-53(50,51)30-15-16-30/h11,14,17-20,25,27-28,30,34H,4-10,12-13,15-16,21-24H2,1-3H3,(H,42,47). The number of likely N-dealkylation sites (tertiary alicyclic amines) is 1. The molecule has 3 aromatic rings. The highest BCUT2D eigenvalue weighted by atomic mass is 32.2. The Kier molecular flexibility index (Phi) is 8.36. The average Bonchev–Trinajstić information content (AvgIpc) is 4.09. The van der Waals surface area contributed by atoms with Crippen LogP contribution in [0, 0.1) is 5.41 Å². The number of carbonyl (C=O) groups excluding carboxylic acids is 3. The molecule has 6 aliphatic rings. The molecule has 9 rings (SSSR count). The Morgan fingerprint density at radius 3 is 2.30 bits per heavy atom. The lowest BCUT2D eigenvalue weighted by atomic mass is 9.81. The van der Waals surface area contributed by atoms with Crippen molar-refractivity contribution in [3.8, 4) is 17.0 Å². The summed E-state index contributed by atoms with van der Waals surface area (Å²) in [5.41, 5.74) is 5.11. The minimum absolute atomic E-state index is 0.000780. The number of methoxy groups -OCH3 is 1. The third kappa shape index (κ3) is 5.56. The molecule has 1 N–H and O–H groups in total. The first-order valence-electron chi connectivity index (χ1n) is 19.9. The first-order valence-corrected chi connectivity index (χ1v) is 21.4. The summed E-state index contributed by atoms with van der Waals surface area (Å²) >= 11 is 0. The van der Waals surface area contributed by atoms with Crippen LogP contribution in [-0.2, 0) is 21.4 Å². The number of benzene rings is 2. The second-order valence-electron chi connectivity index (χ2n) is 16.4. The van der Waals surface area contributed by atoms with E-state index in [1.165, 1.54) is 12.0 Å². The molecular formula is C41H51N5O6S. The molecule has 11 nitrogen and oxygen atoms in total. The van der Waals surface area contributed by atoms with E-state index in [0.29, 0.717) is 63.5 Å². The molecule has 4 atom stereocenters. The van der Waals surface area contributed by atoms with E-state index in [1.807, 2.05) is 41.8 Å². The average molecular weight is 742 g/mol. The number of carbonyl (C=O) groups is 3. The van der Waals surface area contributed by atoms with Crippen LogP contribution in [0.1, 0.15) is 111 Å². The van der Waals surface area contributed by atoms with Crippen molar-refractivity contribution in [2.24, 2.45) is 5.41 Å². The van der Waals surface area contributed by atoms with Crippen molar-refractivity contribution < 1.29 is 27.5 Å². The number of amides is 4. The largest absolute Gasteiger partial charge is 0.497 e. The molecule has 282 valence electrons. The van der Waals surface area contributed by atoms with Gasteiger partial charge in [-0.15, -0.1) is 0 Å². The maximum absolute atomic E-state index is 15.3.